The Morgan fingerprint density at radius 3 is 2.29 bits per heavy atom. The third-order valence-electron chi connectivity index (χ3n) is 4.30. The molecule has 0 unspecified atom stereocenters. The fourth-order valence-electron chi connectivity index (χ4n) is 2.20. The van der Waals surface area contributed by atoms with E-state index in [1.54, 1.807) is 0 Å². The monoisotopic (exact) mass is 306 g/mol. The van der Waals surface area contributed by atoms with Crippen LogP contribution in [-0.2, 0) is 15.9 Å². The van der Waals surface area contributed by atoms with Crippen LogP contribution in [0.3, 0.4) is 0 Å². The van der Waals surface area contributed by atoms with Gasteiger partial charge in [-0.15, -0.1) is 0 Å². The summed E-state index contributed by atoms with van der Waals surface area (Å²) < 4.78 is 12.1. The first-order chi connectivity index (χ1) is 9.80. The van der Waals surface area contributed by atoms with Crippen LogP contribution in [0.5, 0.6) is 0 Å². The van der Waals surface area contributed by atoms with Gasteiger partial charge in [0.05, 0.1) is 17.8 Å². The Morgan fingerprint density at radius 1 is 1.19 bits per heavy atom. The number of aliphatic hydroxyl groups excluding tert-OH is 1. The second-order valence-electron chi connectivity index (χ2n) is 6.32. The molecular weight excluding hydrogens is 283 g/mol. The van der Waals surface area contributed by atoms with Gasteiger partial charge < -0.3 is 14.4 Å². The van der Waals surface area contributed by atoms with E-state index in [-0.39, 0.29) is 17.8 Å². The first kappa shape index (κ1) is 16.6. The lowest BCUT2D eigenvalue weighted by atomic mass is 9.78. The summed E-state index contributed by atoms with van der Waals surface area (Å²) in [4.78, 5) is 0. The fourth-order valence-corrected chi connectivity index (χ4v) is 2.44. The van der Waals surface area contributed by atoms with Crippen LogP contribution in [0, 0.1) is 0 Å². The summed E-state index contributed by atoms with van der Waals surface area (Å²) in [7, 11) is -0.403. The lowest BCUT2D eigenvalue weighted by Gasteiger charge is -2.32. The maximum atomic E-state index is 9.42. The molecule has 1 saturated heterocycles. The Kier molecular flexibility index (Phi) is 4.88. The van der Waals surface area contributed by atoms with Gasteiger partial charge in [0, 0.05) is 5.75 Å². The zero-order valence-electron chi connectivity index (χ0n) is 13.1. The number of hydrogen-bond donors (Lipinski definition) is 2. The molecule has 0 saturated carbocycles. The molecular formula is C16H23BO3S. The largest absolute Gasteiger partial charge is 0.491 e. The Bertz CT molecular complexity index is 524. The van der Waals surface area contributed by atoms with Crippen LogP contribution in [0.25, 0.3) is 6.08 Å². The maximum Gasteiger partial charge on any atom is 0.491 e. The minimum absolute atomic E-state index is 0.00981. The highest BCUT2D eigenvalue weighted by Crippen LogP contribution is 2.39. The molecule has 1 N–H and O–H groups in total. The van der Waals surface area contributed by atoms with Gasteiger partial charge in [0.2, 0.25) is 0 Å². The highest BCUT2D eigenvalue weighted by molar-refractivity contribution is 7.80. The Labute approximate surface area is 132 Å². The molecule has 1 aromatic rings. The number of benzene rings is 1. The van der Waals surface area contributed by atoms with E-state index in [2.05, 4.69) is 12.6 Å². The molecule has 0 atom stereocenters. The van der Waals surface area contributed by atoms with E-state index < -0.39 is 7.12 Å². The first-order valence-corrected chi connectivity index (χ1v) is 7.80. The molecule has 1 heterocycles. The van der Waals surface area contributed by atoms with Crippen LogP contribution < -0.4 is 0 Å². The summed E-state index contributed by atoms with van der Waals surface area (Å²) in [5.74, 6) is 0.538. The van der Waals surface area contributed by atoms with Crippen molar-refractivity contribution in [2.45, 2.75) is 45.5 Å². The summed E-state index contributed by atoms with van der Waals surface area (Å²) in [5.41, 5.74) is 2.08. The van der Waals surface area contributed by atoms with Gasteiger partial charge in [-0.05, 0) is 44.3 Å². The van der Waals surface area contributed by atoms with Crippen LogP contribution in [0.4, 0.5) is 0 Å². The Hall–Kier alpha value is -0.745. The molecule has 2 rings (SSSR count). The average Bonchev–Trinajstić information content (AvgIpc) is 2.65. The van der Waals surface area contributed by atoms with E-state index in [9.17, 15) is 5.11 Å². The summed E-state index contributed by atoms with van der Waals surface area (Å²) in [5, 5.41) is 9.42. The van der Waals surface area contributed by atoms with Gasteiger partial charge in [-0.2, -0.15) is 12.6 Å². The van der Waals surface area contributed by atoms with Crippen molar-refractivity contribution in [2.75, 3.05) is 5.75 Å². The Morgan fingerprint density at radius 2 is 1.76 bits per heavy atom. The highest BCUT2D eigenvalue weighted by atomic mass is 32.1. The quantitative estimate of drug-likeness (QED) is 0.663. The third-order valence-corrected chi connectivity index (χ3v) is 4.67. The van der Waals surface area contributed by atoms with Gasteiger partial charge in [0.1, 0.15) is 0 Å². The summed E-state index contributed by atoms with van der Waals surface area (Å²) in [6.07, 6.45) is 2.00. The van der Waals surface area contributed by atoms with Gasteiger partial charge in [0.15, 0.2) is 0 Å². The number of rotatable bonds is 4. The van der Waals surface area contributed by atoms with Gasteiger partial charge in [-0.1, -0.05) is 30.3 Å². The molecule has 5 heteroatoms. The second kappa shape index (κ2) is 6.17. The minimum atomic E-state index is -0.403. The highest BCUT2D eigenvalue weighted by Gasteiger charge is 2.52. The van der Waals surface area contributed by atoms with E-state index in [1.807, 2.05) is 58.0 Å². The molecule has 1 fully saturated rings. The van der Waals surface area contributed by atoms with Crippen LogP contribution in [0.1, 0.15) is 38.8 Å². The number of aliphatic hydroxyl groups is 1. The molecule has 114 valence electrons. The van der Waals surface area contributed by atoms with E-state index >= 15 is 0 Å². The second-order valence-corrected chi connectivity index (χ2v) is 6.64. The molecule has 1 aliphatic rings. The van der Waals surface area contributed by atoms with Gasteiger partial charge in [-0.25, -0.2) is 0 Å². The predicted octanol–water partition coefficient (Wildman–Crippen LogP) is 3.12. The molecule has 3 nitrogen and oxygen atoms in total. The van der Waals surface area contributed by atoms with Crippen LogP contribution in [-0.4, -0.2) is 29.2 Å². The fraction of sp³-hybridized carbons (Fsp3) is 0.500. The molecule has 0 bridgehead atoms. The van der Waals surface area contributed by atoms with Crippen LogP contribution in [0.15, 0.2) is 29.7 Å². The van der Waals surface area contributed by atoms with Crippen LogP contribution in [0.2, 0.25) is 0 Å². The van der Waals surface area contributed by atoms with Gasteiger partial charge in [-0.3, -0.25) is 0 Å². The molecule has 0 aromatic heterocycles. The van der Waals surface area contributed by atoms with Crippen molar-refractivity contribution < 1.29 is 14.4 Å². The summed E-state index contributed by atoms with van der Waals surface area (Å²) in [6, 6.07) is 7.75. The van der Waals surface area contributed by atoms with Crippen molar-refractivity contribution in [3.05, 3.63) is 40.9 Å². The zero-order valence-corrected chi connectivity index (χ0v) is 14.0. The first-order valence-electron chi connectivity index (χ1n) is 7.16. The molecule has 0 spiro atoms. The SMILES string of the molecule is CC1(C)OB(C(=Cc2ccccc2CO)CS)OC1(C)C. The van der Waals surface area contributed by atoms with Crippen molar-refractivity contribution in [1.82, 2.24) is 0 Å². The standard InChI is InChI=1S/C16H23BO3S/c1-15(2)16(3,4)20-17(19-15)14(11-21)9-12-7-5-6-8-13(12)10-18/h5-9,18,21H,10-11H2,1-4H3. The van der Waals surface area contributed by atoms with Crippen molar-refractivity contribution in [2.24, 2.45) is 0 Å². The molecule has 1 aliphatic heterocycles. The lowest BCUT2D eigenvalue weighted by Crippen LogP contribution is -2.41. The van der Waals surface area contributed by atoms with Crippen molar-refractivity contribution >= 4 is 25.8 Å². The number of thiol groups is 1. The molecule has 0 amide bonds. The van der Waals surface area contributed by atoms with Gasteiger partial charge >= 0.3 is 7.12 Å². The summed E-state index contributed by atoms with van der Waals surface area (Å²) in [6.45, 7) is 8.14. The topological polar surface area (TPSA) is 38.7 Å². The van der Waals surface area contributed by atoms with Crippen molar-refractivity contribution in [1.29, 1.82) is 0 Å². The molecule has 0 radical (unpaired) electrons. The van der Waals surface area contributed by atoms with E-state index in [0.717, 1.165) is 16.6 Å². The van der Waals surface area contributed by atoms with Gasteiger partial charge in [0.25, 0.3) is 0 Å². The average molecular weight is 306 g/mol. The van der Waals surface area contributed by atoms with Crippen molar-refractivity contribution in [3.8, 4) is 0 Å². The number of hydrogen-bond acceptors (Lipinski definition) is 4. The molecule has 21 heavy (non-hydrogen) atoms. The molecule has 1 aromatic carbocycles. The molecule has 0 aliphatic carbocycles. The predicted molar refractivity (Wildman–Crippen MR) is 90.3 cm³/mol. The normalized spacial score (nSPS) is 20.9. The van der Waals surface area contributed by atoms with Crippen molar-refractivity contribution in [3.63, 3.8) is 0 Å². The smallest absolute Gasteiger partial charge is 0.400 e. The maximum absolute atomic E-state index is 9.42. The van der Waals surface area contributed by atoms with E-state index in [4.69, 9.17) is 9.31 Å². The minimum Gasteiger partial charge on any atom is -0.400 e. The van der Waals surface area contributed by atoms with Crippen LogP contribution >= 0.6 is 12.6 Å². The Balaban J connectivity index is 2.31. The summed E-state index contributed by atoms with van der Waals surface area (Å²) >= 11 is 4.41. The zero-order chi connectivity index (χ0) is 15.7. The van der Waals surface area contributed by atoms with E-state index in [0.29, 0.717) is 5.75 Å². The van der Waals surface area contributed by atoms with E-state index in [1.165, 1.54) is 0 Å². The third kappa shape index (κ3) is 3.37. The lowest BCUT2D eigenvalue weighted by molar-refractivity contribution is 0.00578.